The molecule has 0 radical (unpaired) electrons. The van der Waals surface area contributed by atoms with E-state index in [1.54, 1.807) is 0 Å². The van der Waals surface area contributed by atoms with Crippen molar-refractivity contribution in [3.05, 3.63) is 28.8 Å². The third-order valence-corrected chi connectivity index (χ3v) is 3.61. The summed E-state index contributed by atoms with van der Waals surface area (Å²) in [6.45, 7) is 8.78. The van der Waals surface area contributed by atoms with Gasteiger partial charge in [-0.1, -0.05) is 17.7 Å². The Bertz CT molecular complexity index is 448. The predicted octanol–water partition coefficient (Wildman–Crippen LogP) is 2.84. The summed E-state index contributed by atoms with van der Waals surface area (Å²) in [5.74, 6) is 0. The maximum atomic E-state index is 6.15. The Labute approximate surface area is 120 Å². The van der Waals surface area contributed by atoms with Crippen molar-refractivity contribution >= 4 is 17.3 Å². The first kappa shape index (κ1) is 14.6. The minimum atomic E-state index is -0.139. The zero-order valence-corrected chi connectivity index (χ0v) is 12.7. The second-order valence-electron chi connectivity index (χ2n) is 5.88. The standard InChI is InChI=1S/C15H23ClN2O/c1-11-9-18(10-15(2,3)19-11)14-8-13(16)5-4-12(14)6-7-17/h4-5,8,11H,6-7,9-10,17H2,1-3H3. The largest absolute Gasteiger partial charge is 0.369 e. The minimum Gasteiger partial charge on any atom is -0.369 e. The van der Waals surface area contributed by atoms with Crippen molar-refractivity contribution in [1.29, 1.82) is 0 Å². The summed E-state index contributed by atoms with van der Waals surface area (Å²) in [7, 11) is 0. The number of ether oxygens (including phenoxy) is 1. The molecule has 3 nitrogen and oxygen atoms in total. The molecule has 0 bridgehead atoms. The van der Waals surface area contributed by atoms with Crippen molar-refractivity contribution in [2.24, 2.45) is 5.73 Å². The van der Waals surface area contributed by atoms with Crippen molar-refractivity contribution in [3.8, 4) is 0 Å². The summed E-state index contributed by atoms with van der Waals surface area (Å²) in [6.07, 6.45) is 1.09. The topological polar surface area (TPSA) is 38.5 Å². The van der Waals surface area contributed by atoms with Gasteiger partial charge in [0.2, 0.25) is 0 Å². The zero-order chi connectivity index (χ0) is 14.0. The van der Waals surface area contributed by atoms with Gasteiger partial charge in [-0.3, -0.25) is 0 Å². The first-order valence-corrected chi connectivity index (χ1v) is 7.20. The van der Waals surface area contributed by atoms with E-state index in [9.17, 15) is 0 Å². The first-order chi connectivity index (χ1) is 8.91. The maximum absolute atomic E-state index is 6.15. The molecule has 2 N–H and O–H groups in total. The molecule has 1 aromatic carbocycles. The number of nitrogens with zero attached hydrogens (tertiary/aromatic N) is 1. The fourth-order valence-corrected chi connectivity index (χ4v) is 3.00. The lowest BCUT2D eigenvalue weighted by Gasteiger charge is -2.43. The van der Waals surface area contributed by atoms with Crippen LogP contribution in [-0.4, -0.2) is 31.3 Å². The van der Waals surface area contributed by atoms with Crippen LogP contribution in [0.2, 0.25) is 5.02 Å². The molecule has 0 amide bonds. The first-order valence-electron chi connectivity index (χ1n) is 6.82. The number of nitrogens with two attached hydrogens (primary N) is 1. The van der Waals surface area contributed by atoms with E-state index in [0.717, 1.165) is 24.5 Å². The summed E-state index contributed by atoms with van der Waals surface area (Å²) in [4.78, 5) is 2.37. The van der Waals surface area contributed by atoms with Crippen molar-refractivity contribution < 1.29 is 4.74 Å². The molecule has 1 saturated heterocycles. The molecule has 0 aliphatic carbocycles. The normalized spacial score (nSPS) is 22.6. The van der Waals surface area contributed by atoms with E-state index in [1.807, 2.05) is 12.1 Å². The number of hydrogen-bond donors (Lipinski definition) is 1. The van der Waals surface area contributed by atoms with E-state index in [-0.39, 0.29) is 11.7 Å². The Kier molecular flexibility index (Phi) is 4.39. The molecule has 1 fully saturated rings. The van der Waals surface area contributed by atoms with Gasteiger partial charge in [0.25, 0.3) is 0 Å². The monoisotopic (exact) mass is 282 g/mol. The second-order valence-corrected chi connectivity index (χ2v) is 6.32. The van der Waals surface area contributed by atoms with Crippen LogP contribution in [-0.2, 0) is 11.2 Å². The number of hydrogen-bond acceptors (Lipinski definition) is 3. The predicted molar refractivity (Wildman–Crippen MR) is 81.0 cm³/mol. The molecule has 106 valence electrons. The number of morpholine rings is 1. The smallest absolute Gasteiger partial charge is 0.0805 e. The molecule has 4 heteroatoms. The molecule has 2 rings (SSSR count). The quantitative estimate of drug-likeness (QED) is 0.926. The highest BCUT2D eigenvalue weighted by Crippen LogP contribution is 2.30. The van der Waals surface area contributed by atoms with Crippen molar-refractivity contribution in [3.63, 3.8) is 0 Å². The van der Waals surface area contributed by atoms with Gasteiger partial charge in [0.05, 0.1) is 11.7 Å². The number of halogens is 1. The van der Waals surface area contributed by atoms with Gasteiger partial charge in [0.1, 0.15) is 0 Å². The Morgan fingerprint density at radius 1 is 1.47 bits per heavy atom. The molecule has 1 atom stereocenters. The number of rotatable bonds is 3. The van der Waals surface area contributed by atoms with Crippen LogP contribution in [0.5, 0.6) is 0 Å². The van der Waals surface area contributed by atoms with Crippen LogP contribution < -0.4 is 10.6 Å². The van der Waals surface area contributed by atoms with Crippen LogP contribution in [0.25, 0.3) is 0 Å². The molecule has 1 aliphatic heterocycles. The minimum absolute atomic E-state index is 0.139. The van der Waals surface area contributed by atoms with Crippen molar-refractivity contribution in [2.45, 2.75) is 38.9 Å². The fraction of sp³-hybridized carbons (Fsp3) is 0.600. The Hall–Kier alpha value is -0.770. The molecule has 0 aromatic heterocycles. The van der Waals surface area contributed by atoms with Crippen LogP contribution in [0, 0.1) is 0 Å². The lowest BCUT2D eigenvalue weighted by atomic mass is 10.0. The third kappa shape index (κ3) is 3.62. The summed E-state index contributed by atoms with van der Waals surface area (Å²) in [6, 6.07) is 6.06. The van der Waals surface area contributed by atoms with Crippen LogP contribution in [0.4, 0.5) is 5.69 Å². The highest BCUT2D eigenvalue weighted by molar-refractivity contribution is 6.30. The Morgan fingerprint density at radius 2 is 2.21 bits per heavy atom. The van der Waals surface area contributed by atoms with Gasteiger partial charge < -0.3 is 15.4 Å². The second kappa shape index (κ2) is 5.70. The average molecular weight is 283 g/mol. The molecule has 1 aromatic rings. The van der Waals surface area contributed by atoms with Crippen molar-refractivity contribution in [2.75, 3.05) is 24.5 Å². The number of benzene rings is 1. The lowest BCUT2D eigenvalue weighted by Crippen LogP contribution is -2.52. The van der Waals surface area contributed by atoms with Gasteiger partial charge >= 0.3 is 0 Å². The van der Waals surface area contributed by atoms with Crippen LogP contribution in [0.15, 0.2) is 18.2 Å². The molecular weight excluding hydrogens is 260 g/mol. The molecule has 1 heterocycles. The van der Waals surface area contributed by atoms with Gasteiger partial charge in [-0.05, 0) is 51.4 Å². The third-order valence-electron chi connectivity index (χ3n) is 3.37. The van der Waals surface area contributed by atoms with E-state index in [0.29, 0.717) is 6.54 Å². The van der Waals surface area contributed by atoms with Crippen LogP contribution in [0.1, 0.15) is 26.3 Å². The summed E-state index contributed by atoms with van der Waals surface area (Å²) in [5.41, 5.74) is 8.02. The summed E-state index contributed by atoms with van der Waals surface area (Å²) >= 11 is 6.15. The van der Waals surface area contributed by atoms with E-state index < -0.39 is 0 Å². The Morgan fingerprint density at radius 3 is 2.84 bits per heavy atom. The maximum Gasteiger partial charge on any atom is 0.0805 e. The molecule has 0 spiro atoms. The highest BCUT2D eigenvalue weighted by Gasteiger charge is 2.32. The molecule has 1 unspecified atom stereocenters. The van der Waals surface area contributed by atoms with E-state index in [4.69, 9.17) is 22.1 Å². The highest BCUT2D eigenvalue weighted by atomic mass is 35.5. The Balaban J connectivity index is 2.31. The zero-order valence-electron chi connectivity index (χ0n) is 11.9. The van der Waals surface area contributed by atoms with Gasteiger partial charge in [-0.2, -0.15) is 0 Å². The molecule has 1 aliphatic rings. The average Bonchev–Trinajstić information content (AvgIpc) is 2.29. The van der Waals surface area contributed by atoms with Gasteiger partial charge in [-0.15, -0.1) is 0 Å². The van der Waals surface area contributed by atoms with E-state index in [1.165, 1.54) is 11.3 Å². The van der Waals surface area contributed by atoms with E-state index in [2.05, 4.69) is 31.7 Å². The van der Waals surface area contributed by atoms with Crippen LogP contribution in [0.3, 0.4) is 0 Å². The molecule has 0 saturated carbocycles. The lowest BCUT2D eigenvalue weighted by molar-refractivity contribution is -0.0750. The number of anilines is 1. The fourth-order valence-electron chi connectivity index (χ4n) is 2.84. The van der Waals surface area contributed by atoms with Crippen LogP contribution >= 0.6 is 11.6 Å². The van der Waals surface area contributed by atoms with Gasteiger partial charge in [0.15, 0.2) is 0 Å². The van der Waals surface area contributed by atoms with Gasteiger partial charge in [-0.25, -0.2) is 0 Å². The SMILES string of the molecule is CC1CN(c2cc(Cl)ccc2CCN)CC(C)(C)O1. The van der Waals surface area contributed by atoms with Crippen molar-refractivity contribution in [1.82, 2.24) is 0 Å². The molecular formula is C15H23ClN2O. The van der Waals surface area contributed by atoms with E-state index >= 15 is 0 Å². The van der Waals surface area contributed by atoms with Gasteiger partial charge in [0, 0.05) is 23.8 Å². The molecule has 19 heavy (non-hydrogen) atoms. The summed E-state index contributed by atoms with van der Waals surface area (Å²) in [5, 5.41) is 0.771. The summed E-state index contributed by atoms with van der Waals surface area (Å²) < 4.78 is 5.96.